The number of halogens is 1. The first-order valence-corrected chi connectivity index (χ1v) is 10.4. The van der Waals surface area contributed by atoms with E-state index in [0.717, 1.165) is 16.7 Å². The average Bonchev–Trinajstić information content (AvgIpc) is 3.20. The molecular formula is C22H23ClN2O3S. The maximum absolute atomic E-state index is 13.2. The summed E-state index contributed by atoms with van der Waals surface area (Å²) in [4.78, 5) is 29.5. The first-order valence-electron chi connectivity index (χ1n) is 9.46. The minimum atomic E-state index is -0.667. The van der Waals surface area contributed by atoms with E-state index in [4.69, 9.17) is 16.3 Å². The van der Waals surface area contributed by atoms with E-state index < -0.39 is 5.54 Å². The van der Waals surface area contributed by atoms with Crippen LogP contribution in [0.25, 0.3) is 0 Å². The predicted octanol–water partition coefficient (Wildman–Crippen LogP) is 4.47. The Morgan fingerprint density at radius 1 is 1.10 bits per heavy atom. The summed E-state index contributed by atoms with van der Waals surface area (Å²) in [5.74, 6) is 0.562. The molecule has 29 heavy (non-hydrogen) atoms. The van der Waals surface area contributed by atoms with E-state index in [1.54, 1.807) is 16.9 Å². The number of hydrogen-bond acceptors (Lipinski definition) is 4. The van der Waals surface area contributed by atoms with Crippen molar-refractivity contribution in [3.05, 3.63) is 63.2 Å². The topological polar surface area (TPSA) is 49.9 Å². The van der Waals surface area contributed by atoms with Gasteiger partial charge in [-0.25, -0.2) is 0 Å². The first-order chi connectivity index (χ1) is 13.7. The number of carbonyl (C=O) groups is 2. The molecule has 5 nitrogen and oxygen atoms in total. The Labute approximate surface area is 181 Å². The van der Waals surface area contributed by atoms with Gasteiger partial charge in [0.2, 0.25) is 0 Å². The summed E-state index contributed by atoms with van der Waals surface area (Å²) in [7, 11) is 1.61. The van der Waals surface area contributed by atoms with Crippen molar-refractivity contribution in [2.75, 3.05) is 7.11 Å². The average molecular weight is 431 g/mol. The molecule has 2 aliphatic rings. The van der Waals surface area contributed by atoms with E-state index in [2.05, 4.69) is 12.6 Å². The summed E-state index contributed by atoms with van der Waals surface area (Å²) in [6.45, 7) is 6.69. The number of carbonyl (C=O) groups excluding carboxylic acids is 2. The number of ether oxygens (including phenoxy) is 1. The normalized spacial score (nSPS) is 16.9. The number of fused-ring (bicyclic) bond motifs is 2. The van der Waals surface area contributed by atoms with Crippen LogP contribution in [0.5, 0.6) is 5.75 Å². The summed E-state index contributed by atoms with van der Waals surface area (Å²) in [5.41, 5.74) is 3.09. The number of benzene rings is 2. The van der Waals surface area contributed by atoms with Gasteiger partial charge >= 0.3 is 0 Å². The van der Waals surface area contributed by atoms with Gasteiger partial charge < -0.3 is 14.5 Å². The lowest BCUT2D eigenvalue weighted by Gasteiger charge is -2.36. The van der Waals surface area contributed by atoms with Crippen LogP contribution in [0.2, 0.25) is 5.02 Å². The third-order valence-electron chi connectivity index (χ3n) is 5.99. The molecule has 0 fully saturated rings. The van der Waals surface area contributed by atoms with E-state index >= 15 is 0 Å². The molecule has 2 aromatic rings. The van der Waals surface area contributed by atoms with Crippen LogP contribution in [0.3, 0.4) is 0 Å². The van der Waals surface area contributed by atoms with Gasteiger partial charge in [-0.05, 0) is 50.6 Å². The van der Waals surface area contributed by atoms with Gasteiger partial charge in [0.1, 0.15) is 5.75 Å². The minimum Gasteiger partial charge on any atom is -0.496 e. The molecule has 0 aromatic heterocycles. The van der Waals surface area contributed by atoms with E-state index in [1.165, 1.54) is 0 Å². The minimum absolute atomic E-state index is 0.0579. The molecule has 0 aliphatic carbocycles. The van der Waals surface area contributed by atoms with Crippen molar-refractivity contribution < 1.29 is 14.3 Å². The highest BCUT2D eigenvalue weighted by atomic mass is 35.5. The van der Waals surface area contributed by atoms with Crippen LogP contribution in [0, 0.1) is 0 Å². The fraction of sp³-hybridized carbons (Fsp3) is 0.364. The Bertz CT molecular complexity index is 1030. The van der Waals surface area contributed by atoms with Gasteiger partial charge in [-0.15, -0.1) is 0 Å². The van der Waals surface area contributed by atoms with Crippen molar-refractivity contribution in [2.24, 2.45) is 0 Å². The highest BCUT2D eigenvalue weighted by molar-refractivity contribution is 7.80. The molecule has 0 spiro atoms. The van der Waals surface area contributed by atoms with Crippen LogP contribution < -0.4 is 4.74 Å². The summed E-state index contributed by atoms with van der Waals surface area (Å²) in [6, 6.07) is 9.24. The number of nitrogens with zero attached hydrogens (tertiary/aromatic N) is 2. The summed E-state index contributed by atoms with van der Waals surface area (Å²) >= 11 is 11.0. The predicted molar refractivity (Wildman–Crippen MR) is 116 cm³/mol. The standard InChI is InChI=1S/C22H23ClN2O3S/c1-12(29)24-10-16-15(20(24)26)8-13(9-18(16)23)22(2,3)25-11-17-14(21(25)27)6-5-7-19(17)28-4/h5-9,12,29H,10-11H2,1-4H3. The molecule has 0 saturated carbocycles. The quantitative estimate of drug-likeness (QED) is 0.728. The van der Waals surface area contributed by atoms with Gasteiger partial charge in [-0.1, -0.05) is 17.7 Å². The highest BCUT2D eigenvalue weighted by Gasteiger charge is 2.41. The molecule has 152 valence electrons. The fourth-order valence-corrected chi connectivity index (χ4v) is 4.61. The molecule has 2 amide bonds. The summed E-state index contributed by atoms with van der Waals surface area (Å²) in [5, 5.41) is 0.335. The molecule has 0 saturated heterocycles. The second-order valence-corrected chi connectivity index (χ2v) is 9.14. The van der Waals surface area contributed by atoms with E-state index in [1.807, 2.05) is 51.1 Å². The van der Waals surface area contributed by atoms with Gasteiger partial charge in [0.15, 0.2) is 0 Å². The zero-order valence-corrected chi connectivity index (χ0v) is 18.5. The van der Waals surface area contributed by atoms with Gasteiger partial charge in [-0.3, -0.25) is 9.59 Å². The maximum Gasteiger partial charge on any atom is 0.255 e. The molecule has 0 bridgehead atoms. The second-order valence-electron chi connectivity index (χ2n) is 7.99. The lowest BCUT2D eigenvalue weighted by molar-refractivity contribution is 0.0567. The SMILES string of the molecule is COc1cccc2c1CN(C(C)(C)c1cc(Cl)c3c(c1)C(=O)N(C(C)S)C3)C2=O. The second kappa shape index (κ2) is 6.96. The first kappa shape index (κ1) is 20.1. The number of methoxy groups -OCH3 is 1. The van der Waals surface area contributed by atoms with Gasteiger partial charge in [0, 0.05) is 33.8 Å². The van der Waals surface area contributed by atoms with Crippen LogP contribution in [-0.2, 0) is 18.6 Å². The number of rotatable bonds is 4. The van der Waals surface area contributed by atoms with Crippen LogP contribution in [0.4, 0.5) is 0 Å². The molecule has 1 unspecified atom stereocenters. The molecule has 7 heteroatoms. The molecule has 2 aromatic carbocycles. The largest absolute Gasteiger partial charge is 0.496 e. The Morgan fingerprint density at radius 2 is 1.83 bits per heavy atom. The summed E-state index contributed by atoms with van der Waals surface area (Å²) < 4.78 is 5.44. The van der Waals surface area contributed by atoms with Crippen molar-refractivity contribution in [3.8, 4) is 5.75 Å². The van der Waals surface area contributed by atoms with Gasteiger partial charge in [0.05, 0.1) is 24.6 Å². The van der Waals surface area contributed by atoms with Crippen LogP contribution in [0.1, 0.15) is 58.2 Å². The van der Waals surface area contributed by atoms with E-state index in [9.17, 15) is 9.59 Å². The smallest absolute Gasteiger partial charge is 0.255 e. The number of amides is 2. The molecule has 1 atom stereocenters. The van der Waals surface area contributed by atoms with Gasteiger partial charge in [-0.2, -0.15) is 12.6 Å². The fourth-order valence-electron chi connectivity index (χ4n) is 4.14. The van der Waals surface area contributed by atoms with Crippen molar-refractivity contribution >= 4 is 36.0 Å². The van der Waals surface area contributed by atoms with Gasteiger partial charge in [0.25, 0.3) is 11.8 Å². The number of hydrogen-bond donors (Lipinski definition) is 1. The van der Waals surface area contributed by atoms with Crippen LogP contribution in [0.15, 0.2) is 30.3 Å². The molecule has 2 heterocycles. The lowest BCUT2D eigenvalue weighted by Crippen LogP contribution is -2.41. The highest BCUT2D eigenvalue weighted by Crippen LogP contribution is 2.41. The Morgan fingerprint density at radius 3 is 2.48 bits per heavy atom. The van der Waals surface area contributed by atoms with Crippen molar-refractivity contribution in [1.82, 2.24) is 9.80 Å². The Hall–Kier alpha value is -2.18. The van der Waals surface area contributed by atoms with Crippen LogP contribution >= 0.6 is 24.2 Å². The van der Waals surface area contributed by atoms with E-state index in [0.29, 0.717) is 35.0 Å². The number of thiol groups is 1. The zero-order chi connectivity index (χ0) is 21.1. The lowest BCUT2D eigenvalue weighted by atomic mass is 9.89. The van der Waals surface area contributed by atoms with Crippen molar-refractivity contribution in [2.45, 2.75) is 44.8 Å². The third-order valence-corrected chi connectivity index (χ3v) is 6.61. The molecule has 0 N–H and O–H groups in total. The molecule has 0 radical (unpaired) electrons. The van der Waals surface area contributed by atoms with Crippen molar-refractivity contribution in [1.29, 1.82) is 0 Å². The zero-order valence-electron chi connectivity index (χ0n) is 16.8. The Kier molecular flexibility index (Phi) is 4.82. The monoisotopic (exact) mass is 430 g/mol. The molecule has 2 aliphatic heterocycles. The van der Waals surface area contributed by atoms with E-state index in [-0.39, 0.29) is 17.2 Å². The third kappa shape index (κ3) is 3.01. The Balaban J connectivity index is 1.74. The maximum atomic E-state index is 13.2. The molecular weight excluding hydrogens is 408 g/mol. The summed E-state index contributed by atoms with van der Waals surface area (Å²) in [6.07, 6.45) is 0. The molecule has 4 rings (SSSR count). The van der Waals surface area contributed by atoms with Crippen molar-refractivity contribution in [3.63, 3.8) is 0 Å². The van der Waals surface area contributed by atoms with Crippen LogP contribution in [-0.4, -0.2) is 34.1 Å².